The van der Waals surface area contributed by atoms with Crippen molar-refractivity contribution in [2.75, 3.05) is 22.6 Å². The third-order valence-electron chi connectivity index (χ3n) is 6.79. The van der Waals surface area contributed by atoms with Crippen LogP contribution >= 0.6 is 11.8 Å². The van der Waals surface area contributed by atoms with E-state index in [0.29, 0.717) is 40.5 Å². The summed E-state index contributed by atoms with van der Waals surface area (Å²) in [6, 6.07) is 14.3. The molecule has 3 heterocycles. The number of amides is 3. The number of amidine groups is 1. The first-order chi connectivity index (χ1) is 21.4. The van der Waals surface area contributed by atoms with Crippen LogP contribution < -0.4 is 19.7 Å². The van der Waals surface area contributed by atoms with Crippen molar-refractivity contribution in [2.45, 2.75) is 25.6 Å². The lowest BCUT2D eigenvalue weighted by Gasteiger charge is -2.20. The maximum absolute atomic E-state index is 13.2. The number of carbonyl (C=O) groups is 2. The summed E-state index contributed by atoms with van der Waals surface area (Å²) in [7, 11) is 0. The van der Waals surface area contributed by atoms with Gasteiger partial charge in [0, 0.05) is 17.7 Å². The average molecular weight is 645 g/mol. The van der Waals surface area contributed by atoms with Crippen LogP contribution in [0.4, 0.5) is 38.1 Å². The van der Waals surface area contributed by atoms with Crippen molar-refractivity contribution in [1.29, 1.82) is 0 Å². The smallest absolute Gasteiger partial charge is 0.491 e. The van der Waals surface area contributed by atoms with Crippen LogP contribution in [0.5, 0.6) is 11.5 Å². The predicted octanol–water partition coefficient (Wildman–Crippen LogP) is 6.38. The number of nitrogens with one attached hydrogen (secondary N) is 1. The summed E-state index contributed by atoms with van der Waals surface area (Å²) >= 11 is 1.15. The lowest BCUT2D eigenvalue weighted by atomic mass is 10.1. The summed E-state index contributed by atoms with van der Waals surface area (Å²) in [5, 5.41) is 7.30. The Balaban J connectivity index is 1.14. The molecule has 1 aromatic heterocycles. The van der Waals surface area contributed by atoms with Crippen molar-refractivity contribution >= 4 is 40.2 Å². The zero-order valence-electron chi connectivity index (χ0n) is 23.1. The van der Waals surface area contributed by atoms with Crippen LogP contribution in [0, 0.1) is 6.92 Å². The molecule has 3 amide bonds. The number of aryl methyl sites for hydroxylation is 1. The summed E-state index contributed by atoms with van der Waals surface area (Å²) in [5.41, 5.74) is 3.57. The Bertz CT molecular complexity index is 1830. The van der Waals surface area contributed by atoms with Crippen molar-refractivity contribution < 1.29 is 41.0 Å². The number of hydrogen-bond acceptors (Lipinski definition) is 7. The number of anilines is 2. The Kier molecular flexibility index (Phi) is 7.68. The molecule has 4 aromatic rings. The fraction of sp³-hybridized carbons (Fsp3) is 0.207. The Morgan fingerprint density at radius 1 is 1.09 bits per heavy atom. The van der Waals surface area contributed by atoms with Gasteiger partial charge in [-0.1, -0.05) is 23.9 Å². The number of alkyl halides is 5. The second kappa shape index (κ2) is 11.5. The maximum atomic E-state index is 13.2. The number of ether oxygens (including phenoxy) is 2. The Morgan fingerprint density at radius 3 is 2.60 bits per heavy atom. The van der Waals surface area contributed by atoms with E-state index in [4.69, 9.17) is 4.74 Å². The minimum atomic E-state index is -5.86. The van der Waals surface area contributed by atoms with Gasteiger partial charge in [0.05, 0.1) is 23.7 Å². The first-order valence-electron chi connectivity index (χ1n) is 13.3. The highest BCUT2D eigenvalue weighted by Gasteiger charge is 2.61. The number of hydrogen-bond donors (Lipinski definition) is 1. The first-order valence-corrected chi connectivity index (χ1v) is 14.2. The number of benzene rings is 3. The van der Waals surface area contributed by atoms with Gasteiger partial charge in [-0.2, -0.15) is 26.9 Å². The number of thioether (sulfide) groups is 1. The molecule has 1 N–H and O–H groups in total. The molecule has 2 aliphatic heterocycles. The van der Waals surface area contributed by atoms with Crippen LogP contribution in [-0.2, 0) is 11.2 Å². The topological polar surface area (TPSA) is 111 Å². The molecule has 0 saturated carbocycles. The van der Waals surface area contributed by atoms with Crippen LogP contribution in [0.1, 0.15) is 11.1 Å². The summed E-state index contributed by atoms with van der Waals surface area (Å²) in [6.45, 7) is 2.27. The van der Waals surface area contributed by atoms with Crippen LogP contribution in [0.15, 0.2) is 72.0 Å². The van der Waals surface area contributed by atoms with Gasteiger partial charge in [0.15, 0.2) is 11.0 Å². The van der Waals surface area contributed by atoms with Gasteiger partial charge >= 0.3 is 18.3 Å². The molecule has 10 nitrogen and oxygen atoms in total. The molecule has 232 valence electrons. The van der Waals surface area contributed by atoms with E-state index in [0.717, 1.165) is 35.9 Å². The van der Waals surface area contributed by atoms with Crippen LogP contribution in [0.25, 0.3) is 17.1 Å². The number of aromatic nitrogens is 3. The van der Waals surface area contributed by atoms with E-state index in [1.807, 2.05) is 12.1 Å². The van der Waals surface area contributed by atoms with Crippen LogP contribution in [0.2, 0.25) is 0 Å². The molecule has 1 saturated heterocycles. The van der Waals surface area contributed by atoms with Gasteiger partial charge in [0.1, 0.15) is 17.8 Å². The Labute approximate surface area is 255 Å². The monoisotopic (exact) mass is 644 g/mol. The van der Waals surface area contributed by atoms with E-state index in [1.54, 1.807) is 31.2 Å². The van der Waals surface area contributed by atoms with E-state index in [2.05, 4.69) is 25.1 Å². The molecule has 2 aliphatic rings. The fourth-order valence-corrected chi connectivity index (χ4v) is 5.48. The van der Waals surface area contributed by atoms with Crippen LogP contribution in [0.3, 0.4) is 0 Å². The van der Waals surface area contributed by atoms with Crippen molar-refractivity contribution in [1.82, 2.24) is 14.8 Å². The molecule has 0 atom stereocenters. The van der Waals surface area contributed by atoms with E-state index in [-0.39, 0.29) is 22.7 Å². The number of halogens is 5. The fourth-order valence-electron chi connectivity index (χ4n) is 4.62. The highest BCUT2D eigenvalue weighted by Crippen LogP contribution is 2.40. The SMILES string of the molecule is Cc1cc(-c2ncn(-c3ccc(OC(F)(F)C(F)(F)F)cc3)n2)ccc1NC(=O)/N=C1\SCC(=O)N1c1cccc2c1OCC2. The Morgan fingerprint density at radius 2 is 1.87 bits per heavy atom. The second-order valence-corrected chi connectivity index (χ2v) is 10.8. The largest absolute Gasteiger partial charge is 0.499 e. The molecule has 0 spiro atoms. The lowest BCUT2D eigenvalue weighted by Crippen LogP contribution is -2.41. The second-order valence-electron chi connectivity index (χ2n) is 9.86. The number of aliphatic imine (C=N–C) groups is 1. The minimum absolute atomic E-state index is 0.134. The molecule has 3 aromatic carbocycles. The summed E-state index contributed by atoms with van der Waals surface area (Å²) in [5.74, 6) is 0.142. The predicted molar refractivity (Wildman–Crippen MR) is 155 cm³/mol. The number of carbonyl (C=O) groups excluding carboxylic acids is 2. The highest BCUT2D eigenvalue weighted by atomic mass is 32.2. The summed E-state index contributed by atoms with van der Waals surface area (Å²) in [6.07, 6.45) is -9.11. The van der Waals surface area contributed by atoms with Gasteiger partial charge in [-0.15, -0.1) is 5.10 Å². The van der Waals surface area contributed by atoms with Gasteiger partial charge in [-0.3, -0.25) is 9.69 Å². The van der Waals surface area contributed by atoms with E-state index in [9.17, 15) is 31.5 Å². The highest BCUT2D eigenvalue weighted by molar-refractivity contribution is 8.15. The van der Waals surface area contributed by atoms with Gasteiger partial charge in [-0.05, 0) is 66.6 Å². The molecule has 0 bridgehead atoms. The van der Waals surface area contributed by atoms with Gasteiger partial charge in [-0.25, -0.2) is 14.5 Å². The normalized spacial score (nSPS) is 15.7. The lowest BCUT2D eigenvalue weighted by molar-refractivity contribution is -0.360. The summed E-state index contributed by atoms with van der Waals surface area (Å²) in [4.78, 5) is 35.4. The molecule has 0 radical (unpaired) electrons. The molecular weight excluding hydrogens is 623 g/mol. The molecular formula is C29H21F5N6O4S. The molecule has 16 heteroatoms. The third-order valence-corrected chi connectivity index (χ3v) is 7.72. The molecule has 1 fully saturated rings. The zero-order valence-corrected chi connectivity index (χ0v) is 24.0. The number of para-hydroxylation sites is 1. The quantitative estimate of drug-likeness (QED) is 0.243. The van der Waals surface area contributed by atoms with Crippen molar-refractivity contribution in [3.8, 4) is 28.6 Å². The van der Waals surface area contributed by atoms with Crippen molar-refractivity contribution in [2.24, 2.45) is 4.99 Å². The standard InChI is InChI=1S/C29H21F5N6O4S/c1-16-13-18(25-35-15-39(38-25)19-6-8-20(9-7-19)44-29(33,34)28(30,31)32)5-10-21(16)36-26(42)37-27-40(23(41)14-45-27)22-4-2-3-17-11-12-43-24(17)22/h2-10,13,15H,11-12,14H2,1H3,(H,36,42)/b37-27-. The minimum Gasteiger partial charge on any atom is -0.491 e. The first kappa shape index (κ1) is 30.1. The molecule has 6 rings (SSSR count). The molecule has 0 aliphatic carbocycles. The maximum Gasteiger partial charge on any atom is 0.499 e. The van der Waals surface area contributed by atoms with Gasteiger partial charge in [0.25, 0.3) is 0 Å². The van der Waals surface area contributed by atoms with Gasteiger partial charge < -0.3 is 14.8 Å². The number of rotatable bonds is 6. The molecule has 0 unspecified atom stereocenters. The zero-order chi connectivity index (χ0) is 31.9. The summed E-state index contributed by atoms with van der Waals surface area (Å²) < 4.78 is 74.4. The van der Waals surface area contributed by atoms with Crippen molar-refractivity contribution in [3.05, 3.63) is 78.1 Å². The van der Waals surface area contributed by atoms with E-state index < -0.39 is 24.1 Å². The van der Waals surface area contributed by atoms with Crippen LogP contribution in [-0.4, -0.2) is 56.5 Å². The number of fused-ring (bicyclic) bond motifs is 1. The number of nitrogens with zero attached hydrogens (tertiary/aromatic N) is 5. The van der Waals surface area contributed by atoms with Gasteiger partial charge in [0.2, 0.25) is 5.91 Å². The average Bonchev–Trinajstić information content (AvgIpc) is 3.74. The van der Waals surface area contributed by atoms with E-state index in [1.165, 1.54) is 28.0 Å². The van der Waals surface area contributed by atoms with Crippen molar-refractivity contribution in [3.63, 3.8) is 0 Å². The Hall–Kier alpha value is -4.99. The van der Waals surface area contributed by atoms with E-state index >= 15 is 0 Å². The third kappa shape index (κ3) is 6.05. The number of urea groups is 1. The molecule has 45 heavy (non-hydrogen) atoms.